The fourth-order valence-electron chi connectivity index (χ4n) is 2.57. The molecule has 5 nitrogen and oxygen atoms in total. The lowest BCUT2D eigenvalue weighted by Gasteiger charge is -2.28. The van der Waals surface area contributed by atoms with Crippen LogP contribution in [0.3, 0.4) is 0 Å². The summed E-state index contributed by atoms with van der Waals surface area (Å²) in [6, 6.07) is 5.94. The van der Waals surface area contributed by atoms with Crippen LogP contribution < -0.4 is 4.90 Å². The van der Waals surface area contributed by atoms with Gasteiger partial charge in [-0.1, -0.05) is 6.07 Å². The molecule has 0 aromatic carbocycles. The fourth-order valence-corrected chi connectivity index (χ4v) is 4.63. The molecule has 0 aliphatic carbocycles. The molecule has 0 N–H and O–H groups in total. The molecule has 114 valence electrons. The quantitative estimate of drug-likeness (QED) is 0.861. The molecule has 3 heterocycles. The van der Waals surface area contributed by atoms with Crippen LogP contribution in [0.2, 0.25) is 0 Å². The molecule has 22 heavy (non-hydrogen) atoms. The maximum atomic E-state index is 12.4. The summed E-state index contributed by atoms with van der Waals surface area (Å²) >= 11 is 1.46. The van der Waals surface area contributed by atoms with E-state index in [4.69, 9.17) is 0 Å². The first kappa shape index (κ1) is 15.1. The lowest BCUT2D eigenvalue weighted by atomic mass is 10.1. The minimum absolute atomic E-state index is 0.257. The number of hydrogen-bond acceptors (Lipinski definition) is 6. The van der Waals surface area contributed by atoms with E-state index in [0.29, 0.717) is 17.1 Å². The zero-order chi connectivity index (χ0) is 15.4. The Morgan fingerprint density at radius 2 is 2.14 bits per heavy atom. The third-order valence-corrected chi connectivity index (χ3v) is 6.29. The molecule has 0 spiro atoms. The summed E-state index contributed by atoms with van der Waals surface area (Å²) in [7, 11) is -1.17. The standard InChI is InChI=1S/C15H16N4OS2/c16-9-12-13(10-22(20)14-5-4-8-21-14)17-11-18-15(12)19-6-2-1-3-7-19/h4-5,8,11H,1-3,6-7,10H2. The lowest BCUT2D eigenvalue weighted by molar-refractivity contribution is 0.572. The van der Waals surface area contributed by atoms with E-state index in [0.717, 1.165) is 30.1 Å². The fraction of sp³-hybridized carbons (Fsp3) is 0.400. The number of rotatable bonds is 4. The van der Waals surface area contributed by atoms with Gasteiger partial charge >= 0.3 is 0 Å². The molecule has 0 amide bonds. The van der Waals surface area contributed by atoms with Crippen molar-refractivity contribution in [1.82, 2.24) is 9.97 Å². The zero-order valence-electron chi connectivity index (χ0n) is 12.1. The van der Waals surface area contributed by atoms with Crippen molar-refractivity contribution < 1.29 is 4.21 Å². The van der Waals surface area contributed by atoms with Crippen LogP contribution in [0.5, 0.6) is 0 Å². The Bertz CT molecular complexity index is 703. The van der Waals surface area contributed by atoms with Crippen LogP contribution in [0, 0.1) is 11.3 Å². The van der Waals surface area contributed by atoms with Gasteiger partial charge in [0.15, 0.2) is 0 Å². The van der Waals surface area contributed by atoms with Crippen LogP contribution in [0.4, 0.5) is 5.82 Å². The molecule has 7 heteroatoms. The molecule has 2 aromatic rings. The van der Waals surface area contributed by atoms with Crippen molar-refractivity contribution in [2.75, 3.05) is 18.0 Å². The molecule has 1 aliphatic heterocycles. The van der Waals surface area contributed by atoms with Crippen molar-refractivity contribution in [3.8, 4) is 6.07 Å². The Labute approximate surface area is 136 Å². The van der Waals surface area contributed by atoms with Gasteiger partial charge in [0.1, 0.15) is 23.8 Å². The maximum Gasteiger partial charge on any atom is 0.150 e. The van der Waals surface area contributed by atoms with Crippen LogP contribution in [0.25, 0.3) is 0 Å². The van der Waals surface area contributed by atoms with Gasteiger partial charge in [0.2, 0.25) is 0 Å². The lowest BCUT2D eigenvalue weighted by Crippen LogP contribution is -2.31. The van der Waals surface area contributed by atoms with E-state index in [9.17, 15) is 9.47 Å². The molecule has 1 aliphatic rings. The summed E-state index contributed by atoms with van der Waals surface area (Å²) < 4.78 is 13.2. The monoisotopic (exact) mass is 332 g/mol. The number of nitrogens with zero attached hydrogens (tertiary/aromatic N) is 4. The van der Waals surface area contributed by atoms with Crippen LogP contribution in [0.15, 0.2) is 28.0 Å². The Kier molecular flexibility index (Phi) is 4.80. The Morgan fingerprint density at radius 3 is 2.82 bits per heavy atom. The van der Waals surface area contributed by atoms with Gasteiger partial charge in [-0.25, -0.2) is 9.97 Å². The third kappa shape index (κ3) is 3.18. The molecule has 1 atom stereocenters. The normalized spacial score (nSPS) is 16.2. The van der Waals surface area contributed by atoms with Gasteiger partial charge < -0.3 is 4.90 Å². The number of aromatic nitrogens is 2. The van der Waals surface area contributed by atoms with Crippen molar-refractivity contribution in [3.05, 3.63) is 35.1 Å². The van der Waals surface area contributed by atoms with Crippen LogP contribution in [-0.4, -0.2) is 27.3 Å². The number of thiophene rings is 1. The Hall–Kier alpha value is -1.78. The molecule has 1 saturated heterocycles. The molecule has 2 aromatic heterocycles. The van der Waals surface area contributed by atoms with Crippen LogP contribution in [0.1, 0.15) is 30.5 Å². The summed E-state index contributed by atoms with van der Waals surface area (Å²) in [5.74, 6) is 0.947. The Balaban J connectivity index is 1.88. The molecular formula is C15H16N4OS2. The highest BCUT2D eigenvalue weighted by molar-refractivity contribution is 7.86. The number of anilines is 1. The second-order valence-electron chi connectivity index (χ2n) is 5.10. The summed E-state index contributed by atoms with van der Waals surface area (Å²) in [4.78, 5) is 10.6. The molecule has 0 radical (unpaired) electrons. The van der Waals surface area contributed by atoms with Gasteiger partial charge in [-0.15, -0.1) is 11.3 Å². The molecule has 1 fully saturated rings. The summed E-state index contributed by atoms with van der Waals surface area (Å²) in [5, 5.41) is 11.4. The first-order valence-corrected chi connectivity index (χ1v) is 9.40. The van der Waals surface area contributed by atoms with E-state index >= 15 is 0 Å². The largest absolute Gasteiger partial charge is 0.355 e. The SMILES string of the molecule is N#Cc1c(CS(=O)c2cccs2)ncnc1N1CCCCC1. The molecule has 3 rings (SSSR count). The second-order valence-corrected chi connectivity index (χ2v) is 7.73. The molecule has 0 saturated carbocycles. The van der Waals surface area contributed by atoms with Gasteiger partial charge in [0.25, 0.3) is 0 Å². The van der Waals surface area contributed by atoms with E-state index in [1.807, 2.05) is 17.5 Å². The summed E-state index contributed by atoms with van der Waals surface area (Å²) in [6.45, 7) is 1.83. The third-order valence-electron chi connectivity index (χ3n) is 3.66. The number of nitriles is 1. The topological polar surface area (TPSA) is 69.9 Å². The van der Waals surface area contributed by atoms with E-state index in [-0.39, 0.29) is 5.75 Å². The minimum atomic E-state index is -1.17. The second kappa shape index (κ2) is 6.99. The van der Waals surface area contributed by atoms with Crippen molar-refractivity contribution >= 4 is 28.0 Å². The van der Waals surface area contributed by atoms with Crippen molar-refractivity contribution in [2.24, 2.45) is 0 Å². The zero-order valence-corrected chi connectivity index (χ0v) is 13.7. The van der Waals surface area contributed by atoms with Crippen molar-refractivity contribution in [1.29, 1.82) is 5.26 Å². The van der Waals surface area contributed by atoms with Crippen molar-refractivity contribution in [3.63, 3.8) is 0 Å². The number of hydrogen-bond donors (Lipinski definition) is 0. The van der Waals surface area contributed by atoms with Crippen molar-refractivity contribution in [2.45, 2.75) is 29.2 Å². The predicted molar refractivity (Wildman–Crippen MR) is 87.2 cm³/mol. The maximum absolute atomic E-state index is 12.4. The number of piperidine rings is 1. The first-order valence-electron chi connectivity index (χ1n) is 7.20. The van der Waals surface area contributed by atoms with E-state index in [1.165, 1.54) is 24.1 Å². The van der Waals surface area contributed by atoms with Crippen LogP contribution in [-0.2, 0) is 16.6 Å². The average molecular weight is 332 g/mol. The molecule has 0 bridgehead atoms. The van der Waals surface area contributed by atoms with E-state index < -0.39 is 10.8 Å². The van der Waals surface area contributed by atoms with Gasteiger partial charge in [-0.2, -0.15) is 5.26 Å². The molecular weight excluding hydrogens is 316 g/mol. The van der Waals surface area contributed by atoms with E-state index in [1.54, 1.807) is 0 Å². The van der Waals surface area contributed by atoms with Gasteiger partial charge in [-0.05, 0) is 30.7 Å². The van der Waals surface area contributed by atoms with E-state index in [2.05, 4.69) is 20.9 Å². The molecule has 1 unspecified atom stereocenters. The van der Waals surface area contributed by atoms with Gasteiger partial charge in [0, 0.05) is 13.1 Å². The highest BCUT2D eigenvalue weighted by Gasteiger charge is 2.20. The average Bonchev–Trinajstić information content (AvgIpc) is 3.10. The minimum Gasteiger partial charge on any atom is -0.355 e. The summed E-state index contributed by atoms with van der Waals surface area (Å²) in [5.41, 5.74) is 1.04. The Morgan fingerprint density at radius 1 is 1.32 bits per heavy atom. The smallest absolute Gasteiger partial charge is 0.150 e. The van der Waals surface area contributed by atoms with Crippen LogP contribution >= 0.6 is 11.3 Å². The predicted octanol–water partition coefficient (Wildman–Crippen LogP) is 2.71. The highest BCUT2D eigenvalue weighted by atomic mass is 32.2. The van der Waals surface area contributed by atoms with Gasteiger partial charge in [-0.3, -0.25) is 4.21 Å². The highest BCUT2D eigenvalue weighted by Crippen LogP contribution is 2.25. The van der Waals surface area contributed by atoms with Gasteiger partial charge in [0.05, 0.1) is 26.5 Å². The first-order chi connectivity index (χ1) is 10.8. The summed E-state index contributed by atoms with van der Waals surface area (Å²) in [6.07, 6.45) is 4.93.